The van der Waals surface area contributed by atoms with Crippen molar-refractivity contribution in [3.63, 3.8) is 0 Å². The molecule has 0 unspecified atom stereocenters. The molecule has 25 heavy (non-hydrogen) atoms. The Hall–Kier alpha value is -2.49. The summed E-state index contributed by atoms with van der Waals surface area (Å²) in [5.74, 6) is 1.40. The summed E-state index contributed by atoms with van der Waals surface area (Å²) in [5.41, 5.74) is 3.19. The third-order valence-electron chi connectivity index (χ3n) is 3.74. The summed E-state index contributed by atoms with van der Waals surface area (Å²) in [6.07, 6.45) is -0.437. The molecule has 0 aliphatic rings. The van der Waals surface area contributed by atoms with Crippen LogP contribution in [0.2, 0.25) is 0 Å². The second-order valence-corrected chi connectivity index (χ2v) is 6.56. The van der Waals surface area contributed by atoms with Crippen LogP contribution < -0.4 is 14.8 Å². The first kappa shape index (κ1) is 18.8. The average Bonchev–Trinajstić information content (AvgIpc) is 2.55. The van der Waals surface area contributed by atoms with Crippen molar-refractivity contribution < 1.29 is 14.3 Å². The van der Waals surface area contributed by atoms with Crippen LogP contribution >= 0.6 is 0 Å². The zero-order valence-electron chi connectivity index (χ0n) is 15.6. The average molecular weight is 341 g/mol. The lowest BCUT2D eigenvalue weighted by molar-refractivity contribution is -0.127. The van der Waals surface area contributed by atoms with E-state index in [9.17, 15) is 4.79 Å². The summed E-state index contributed by atoms with van der Waals surface area (Å²) in [6, 6.07) is 13.7. The summed E-state index contributed by atoms with van der Waals surface area (Å²) in [7, 11) is 0. The Morgan fingerprint density at radius 1 is 1.04 bits per heavy atom. The molecule has 0 saturated heterocycles. The highest BCUT2D eigenvalue weighted by atomic mass is 16.5. The largest absolute Gasteiger partial charge is 0.491 e. The Morgan fingerprint density at radius 3 is 2.48 bits per heavy atom. The van der Waals surface area contributed by atoms with Gasteiger partial charge in [-0.3, -0.25) is 4.79 Å². The van der Waals surface area contributed by atoms with Crippen LogP contribution in [0.3, 0.4) is 0 Å². The predicted molar refractivity (Wildman–Crippen MR) is 100 cm³/mol. The summed E-state index contributed by atoms with van der Waals surface area (Å²) in [6.45, 7) is 10.2. The second kappa shape index (κ2) is 8.56. The van der Waals surface area contributed by atoms with Crippen LogP contribution in [0.4, 0.5) is 0 Å². The van der Waals surface area contributed by atoms with Crippen LogP contribution in [-0.4, -0.2) is 18.1 Å². The topological polar surface area (TPSA) is 47.6 Å². The maximum Gasteiger partial charge on any atom is 0.261 e. The molecule has 0 aliphatic heterocycles. The molecule has 134 valence electrons. The van der Waals surface area contributed by atoms with Gasteiger partial charge in [-0.1, -0.05) is 29.8 Å². The van der Waals surface area contributed by atoms with Gasteiger partial charge in [-0.2, -0.15) is 0 Å². The van der Waals surface area contributed by atoms with Crippen LogP contribution in [-0.2, 0) is 11.3 Å². The van der Waals surface area contributed by atoms with Crippen molar-refractivity contribution in [1.29, 1.82) is 0 Å². The quantitative estimate of drug-likeness (QED) is 0.822. The maximum atomic E-state index is 12.3. The number of rotatable bonds is 7. The first-order valence-corrected chi connectivity index (χ1v) is 8.62. The zero-order valence-corrected chi connectivity index (χ0v) is 15.6. The van der Waals surface area contributed by atoms with Crippen LogP contribution in [0.25, 0.3) is 0 Å². The number of carbonyl (C=O) groups excluding carboxylic acids is 1. The van der Waals surface area contributed by atoms with E-state index in [1.54, 1.807) is 6.92 Å². The molecule has 4 nitrogen and oxygen atoms in total. The van der Waals surface area contributed by atoms with Crippen LogP contribution in [0.5, 0.6) is 11.5 Å². The van der Waals surface area contributed by atoms with Gasteiger partial charge in [0.1, 0.15) is 11.5 Å². The van der Waals surface area contributed by atoms with Crippen molar-refractivity contribution in [2.45, 2.75) is 53.4 Å². The maximum absolute atomic E-state index is 12.3. The molecule has 2 aromatic carbocycles. The normalized spacial score (nSPS) is 11.9. The molecule has 0 saturated carbocycles. The van der Waals surface area contributed by atoms with E-state index in [0.29, 0.717) is 6.54 Å². The van der Waals surface area contributed by atoms with Crippen molar-refractivity contribution in [1.82, 2.24) is 5.32 Å². The molecule has 1 atom stereocenters. The standard InChI is InChI=1S/C21H27NO3/c1-14(2)24-19-8-6-7-18(12-19)13-22-21(23)17(5)25-20-10-9-15(3)11-16(20)4/h6-12,14,17H,13H2,1-5H3,(H,22,23)/t17-/m1/s1. The Morgan fingerprint density at radius 2 is 1.80 bits per heavy atom. The van der Waals surface area contributed by atoms with E-state index in [1.165, 1.54) is 5.56 Å². The number of carbonyl (C=O) groups is 1. The minimum Gasteiger partial charge on any atom is -0.491 e. The molecule has 2 aromatic rings. The number of hydrogen-bond acceptors (Lipinski definition) is 3. The molecule has 4 heteroatoms. The lowest BCUT2D eigenvalue weighted by atomic mass is 10.1. The lowest BCUT2D eigenvalue weighted by Crippen LogP contribution is -2.36. The molecule has 0 radical (unpaired) electrons. The highest BCUT2D eigenvalue weighted by Gasteiger charge is 2.15. The van der Waals surface area contributed by atoms with E-state index in [2.05, 4.69) is 5.32 Å². The van der Waals surface area contributed by atoms with Crippen LogP contribution in [0.15, 0.2) is 42.5 Å². The van der Waals surface area contributed by atoms with Crippen LogP contribution in [0, 0.1) is 13.8 Å². The monoisotopic (exact) mass is 341 g/mol. The number of benzene rings is 2. The molecule has 2 rings (SSSR count). The number of hydrogen-bond donors (Lipinski definition) is 1. The van der Waals surface area contributed by atoms with Crippen molar-refractivity contribution in [2.75, 3.05) is 0 Å². The highest BCUT2D eigenvalue weighted by molar-refractivity contribution is 5.80. The summed E-state index contributed by atoms with van der Waals surface area (Å²) in [5, 5.41) is 2.91. The molecule has 0 bridgehead atoms. The fourth-order valence-electron chi connectivity index (χ4n) is 2.51. The van der Waals surface area contributed by atoms with Crippen LogP contribution in [0.1, 0.15) is 37.5 Å². The molecule has 1 amide bonds. The van der Waals surface area contributed by atoms with Gasteiger partial charge in [-0.05, 0) is 63.9 Å². The Bertz CT molecular complexity index is 725. The molecular formula is C21H27NO3. The van der Waals surface area contributed by atoms with Crippen molar-refractivity contribution in [2.24, 2.45) is 0 Å². The van der Waals surface area contributed by atoms with Gasteiger partial charge < -0.3 is 14.8 Å². The highest BCUT2D eigenvalue weighted by Crippen LogP contribution is 2.20. The molecule has 0 heterocycles. The Balaban J connectivity index is 1.91. The van der Waals surface area contributed by atoms with Gasteiger partial charge in [0.05, 0.1) is 6.10 Å². The zero-order chi connectivity index (χ0) is 18.4. The molecule has 1 N–H and O–H groups in total. The van der Waals surface area contributed by atoms with E-state index in [-0.39, 0.29) is 12.0 Å². The lowest BCUT2D eigenvalue weighted by Gasteiger charge is -2.17. The van der Waals surface area contributed by atoms with Gasteiger partial charge in [0.25, 0.3) is 5.91 Å². The molecule has 0 spiro atoms. The third-order valence-corrected chi connectivity index (χ3v) is 3.74. The van der Waals surface area contributed by atoms with E-state index in [4.69, 9.17) is 9.47 Å². The third kappa shape index (κ3) is 5.82. The van der Waals surface area contributed by atoms with Crippen molar-refractivity contribution in [3.05, 3.63) is 59.2 Å². The fourth-order valence-corrected chi connectivity index (χ4v) is 2.51. The number of amides is 1. The Labute approximate surface area is 150 Å². The van der Waals surface area contributed by atoms with Gasteiger partial charge in [-0.25, -0.2) is 0 Å². The van der Waals surface area contributed by atoms with Crippen molar-refractivity contribution >= 4 is 5.91 Å². The van der Waals surface area contributed by atoms with Gasteiger partial charge >= 0.3 is 0 Å². The second-order valence-electron chi connectivity index (χ2n) is 6.56. The van der Waals surface area contributed by atoms with E-state index >= 15 is 0 Å². The minimum absolute atomic E-state index is 0.121. The predicted octanol–water partition coefficient (Wildman–Crippen LogP) is 4.17. The summed E-state index contributed by atoms with van der Waals surface area (Å²) < 4.78 is 11.5. The molecule has 0 aliphatic carbocycles. The van der Waals surface area contributed by atoms with E-state index in [1.807, 2.05) is 70.2 Å². The van der Waals surface area contributed by atoms with Gasteiger partial charge in [-0.15, -0.1) is 0 Å². The number of nitrogens with one attached hydrogen (secondary N) is 1. The van der Waals surface area contributed by atoms with E-state index < -0.39 is 6.10 Å². The SMILES string of the molecule is Cc1ccc(O[C@H](C)C(=O)NCc2cccc(OC(C)C)c2)c(C)c1. The first-order valence-electron chi connectivity index (χ1n) is 8.62. The van der Waals surface area contributed by atoms with Gasteiger partial charge in [0, 0.05) is 6.54 Å². The first-order chi connectivity index (χ1) is 11.8. The van der Waals surface area contributed by atoms with Crippen molar-refractivity contribution in [3.8, 4) is 11.5 Å². The summed E-state index contributed by atoms with van der Waals surface area (Å²) in [4.78, 5) is 12.3. The molecular weight excluding hydrogens is 314 g/mol. The number of ether oxygens (including phenoxy) is 2. The van der Waals surface area contributed by atoms with E-state index in [0.717, 1.165) is 22.6 Å². The Kier molecular flexibility index (Phi) is 6.45. The molecule has 0 aromatic heterocycles. The number of aryl methyl sites for hydroxylation is 2. The smallest absolute Gasteiger partial charge is 0.261 e. The molecule has 0 fully saturated rings. The van der Waals surface area contributed by atoms with Gasteiger partial charge in [0.15, 0.2) is 6.10 Å². The minimum atomic E-state index is -0.559. The summed E-state index contributed by atoms with van der Waals surface area (Å²) >= 11 is 0. The van der Waals surface area contributed by atoms with Gasteiger partial charge in [0.2, 0.25) is 0 Å². The fraction of sp³-hybridized carbons (Fsp3) is 0.381.